The van der Waals surface area contributed by atoms with E-state index in [0.717, 1.165) is 44.1 Å². The van der Waals surface area contributed by atoms with Gasteiger partial charge in [0.15, 0.2) is 0 Å². The minimum Gasteiger partial charge on any atom is -0.352 e. The lowest BCUT2D eigenvalue weighted by molar-refractivity contribution is -0.131. The lowest BCUT2D eigenvalue weighted by atomic mass is 9.97. The highest BCUT2D eigenvalue weighted by atomic mass is 16.2. The van der Waals surface area contributed by atoms with Gasteiger partial charge in [-0.05, 0) is 38.8 Å². The van der Waals surface area contributed by atoms with Crippen molar-refractivity contribution in [1.29, 1.82) is 0 Å². The number of rotatable bonds is 5. The number of nitrogens with one attached hydrogen (secondary N) is 1. The Kier molecular flexibility index (Phi) is 5.52. The van der Waals surface area contributed by atoms with Crippen LogP contribution >= 0.6 is 0 Å². The van der Waals surface area contributed by atoms with Crippen molar-refractivity contribution in [1.82, 2.24) is 29.9 Å². The summed E-state index contributed by atoms with van der Waals surface area (Å²) in [4.78, 5) is 27.2. The second-order valence-electron chi connectivity index (χ2n) is 6.91. The fourth-order valence-electron chi connectivity index (χ4n) is 3.70. The standard InChI is InChI=1S/C16H27N7O2/c1-21-13(11-22-6-2-3-7-22)19-20-15(21)12-5-4-8-23(10-12)14(24)9-18-16(17)25/h12H,2-11H2,1H3,(H3,17,18,25)/t12-/m0/s1. The zero-order valence-corrected chi connectivity index (χ0v) is 14.8. The number of carbonyl (C=O) groups is 2. The average Bonchev–Trinajstić information content (AvgIpc) is 3.24. The Morgan fingerprint density at radius 1 is 1.20 bits per heavy atom. The fraction of sp³-hybridized carbons (Fsp3) is 0.750. The summed E-state index contributed by atoms with van der Waals surface area (Å²) in [5.41, 5.74) is 5.03. The van der Waals surface area contributed by atoms with E-state index < -0.39 is 6.03 Å². The zero-order chi connectivity index (χ0) is 17.8. The van der Waals surface area contributed by atoms with Gasteiger partial charge in [0, 0.05) is 26.1 Å². The van der Waals surface area contributed by atoms with Crippen LogP contribution in [0.4, 0.5) is 4.79 Å². The second kappa shape index (κ2) is 7.81. The highest BCUT2D eigenvalue weighted by Gasteiger charge is 2.28. The Morgan fingerprint density at radius 2 is 1.96 bits per heavy atom. The Labute approximate surface area is 147 Å². The van der Waals surface area contributed by atoms with Gasteiger partial charge in [-0.2, -0.15) is 0 Å². The molecule has 1 atom stereocenters. The minimum atomic E-state index is -0.679. The second-order valence-corrected chi connectivity index (χ2v) is 6.91. The predicted octanol–water partition coefficient (Wildman–Crippen LogP) is -0.215. The van der Waals surface area contributed by atoms with E-state index in [4.69, 9.17) is 5.73 Å². The molecule has 2 aliphatic rings. The molecule has 0 bridgehead atoms. The predicted molar refractivity (Wildman–Crippen MR) is 91.7 cm³/mol. The Bertz CT molecular complexity index is 624. The van der Waals surface area contributed by atoms with E-state index in [9.17, 15) is 9.59 Å². The first kappa shape index (κ1) is 17.7. The van der Waals surface area contributed by atoms with Crippen LogP contribution < -0.4 is 11.1 Å². The van der Waals surface area contributed by atoms with E-state index >= 15 is 0 Å². The number of nitrogens with two attached hydrogens (primary N) is 1. The maximum Gasteiger partial charge on any atom is 0.312 e. The molecule has 9 nitrogen and oxygen atoms in total. The molecule has 3 heterocycles. The van der Waals surface area contributed by atoms with Gasteiger partial charge in [0.2, 0.25) is 5.91 Å². The first-order chi connectivity index (χ1) is 12.0. The van der Waals surface area contributed by atoms with Crippen LogP contribution in [0.1, 0.15) is 43.3 Å². The summed E-state index contributed by atoms with van der Waals surface area (Å²) in [7, 11) is 2.01. The van der Waals surface area contributed by atoms with Gasteiger partial charge in [0.1, 0.15) is 11.6 Å². The molecular weight excluding hydrogens is 322 g/mol. The van der Waals surface area contributed by atoms with Crippen molar-refractivity contribution in [2.24, 2.45) is 12.8 Å². The molecule has 1 aromatic heterocycles. The SMILES string of the molecule is Cn1c(CN2CCCC2)nnc1[C@H]1CCCN(C(=O)CNC(N)=O)C1. The number of aromatic nitrogens is 3. The van der Waals surface area contributed by atoms with Crippen LogP contribution in [-0.2, 0) is 18.4 Å². The molecule has 9 heteroatoms. The number of amides is 3. The van der Waals surface area contributed by atoms with Crippen molar-refractivity contribution in [3.63, 3.8) is 0 Å². The van der Waals surface area contributed by atoms with Gasteiger partial charge in [-0.25, -0.2) is 4.79 Å². The molecule has 0 saturated carbocycles. The third-order valence-corrected chi connectivity index (χ3v) is 5.12. The topological polar surface area (TPSA) is 109 Å². The molecule has 2 fully saturated rings. The van der Waals surface area contributed by atoms with Crippen molar-refractivity contribution < 1.29 is 9.59 Å². The maximum atomic E-state index is 12.2. The van der Waals surface area contributed by atoms with E-state index in [2.05, 4.69) is 25.0 Å². The highest BCUT2D eigenvalue weighted by molar-refractivity contribution is 5.83. The van der Waals surface area contributed by atoms with E-state index in [-0.39, 0.29) is 18.4 Å². The molecule has 3 amide bonds. The van der Waals surface area contributed by atoms with Gasteiger partial charge in [-0.15, -0.1) is 10.2 Å². The molecule has 2 aliphatic heterocycles. The minimum absolute atomic E-state index is 0.0545. The van der Waals surface area contributed by atoms with Gasteiger partial charge >= 0.3 is 6.03 Å². The number of carbonyl (C=O) groups excluding carboxylic acids is 2. The van der Waals surface area contributed by atoms with Crippen molar-refractivity contribution in [2.45, 2.75) is 38.1 Å². The monoisotopic (exact) mass is 349 g/mol. The summed E-state index contributed by atoms with van der Waals surface area (Å²) in [6.45, 7) is 4.34. The third kappa shape index (κ3) is 4.28. The van der Waals surface area contributed by atoms with Crippen molar-refractivity contribution in [2.75, 3.05) is 32.7 Å². The lowest BCUT2D eigenvalue weighted by Crippen LogP contribution is -2.45. The summed E-state index contributed by atoms with van der Waals surface area (Å²) in [5, 5.41) is 11.1. The Balaban J connectivity index is 1.62. The largest absolute Gasteiger partial charge is 0.352 e. The molecule has 0 unspecified atom stereocenters. The molecule has 1 aromatic rings. The Hall–Kier alpha value is -2.16. The molecule has 2 saturated heterocycles. The number of urea groups is 1. The number of hydrogen-bond acceptors (Lipinski definition) is 5. The van der Waals surface area contributed by atoms with E-state index in [0.29, 0.717) is 13.1 Å². The van der Waals surface area contributed by atoms with Gasteiger partial charge in [0.05, 0.1) is 13.1 Å². The van der Waals surface area contributed by atoms with Crippen LogP contribution in [-0.4, -0.2) is 69.2 Å². The van der Waals surface area contributed by atoms with Gasteiger partial charge in [-0.3, -0.25) is 9.69 Å². The highest BCUT2D eigenvalue weighted by Crippen LogP contribution is 2.26. The first-order valence-electron chi connectivity index (χ1n) is 8.96. The molecule has 3 rings (SSSR count). The lowest BCUT2D eigenvalue weighted by Gasteiger charge is -2.32. The molecular formula is C16H27N7O2. The Morgan fingerprint density at radius 3 is 2.68 bits per heavy atom. The van der Waals surface area contributed by atoms with Crippen LogP contribution in [0.5, 0.6) is 0 Å². The summed E-state index contributed by atoms with van der Waals surface area (Å²) < 4.78 is 2.08. The van der Waals surface area contributed by atoms with Gasteiger partial charge < -0.3 is 20.5 Å². The van der Waals surface area contributed by atoms with Crippen molar-refractivity contribution >= 4 is 11.9 Å². The smallest absolute Gasteiger partial charge is 0.312 e. The number of likely N-dealkylation sites (tertiary alicyclic amines) is 2. The molecule has 0 aromatic carbocycles. The summed E-state index contributed by atoms with van der Waals surface area (Å²) in [5.74, 6) is 1.99. The van der Waals surface area contributed by atoms with Crippen LogP contribution in [0.2, 0.25) is 0 Å². The molecule has 25 heavy (non-hydrogen) atoms. The average molecular weight is 349 g/mol. The van der Waals surface area contributed by atoms with E-state index in [1.807, 2.05) is 7.05 Å². The molecule has 0 spiro atoms. The van der Waals surface area contributed by atoms with Gasteiger partial charge in [0.25, 0.3) is 0 Å². The number of piperidine rings is 1. The summed E-state index contributed by atoms with van der Waals surface area (Å²) in [6, 6.07) is -0.679. The zero-order valence-electron chi connectivity index (χ0n) is 14.8. The first-order valence-corrected chi connectivity index (χ1v) is 8.96. The summed E-state index contributed by atoms with van der Waals surface area (Å²) in [6.07, 6.45) is 4.41. The molecule has 0 radical (unpaired) electrons. The van der Waals surface area contributed by atoms with Crippen molar-refractivity contribution in [3.05, 3.63) is 11.6 Å². The fourth-order valence-corrected chi connectivity index (χ4v) is 3.70. The maximum absolute atomic E-state index is 12.2. The van der Waals surface area contributed by atoms with Crippen LogP contribution in [0.15, 0.2) is 0 Å². The number of nitrogens with zero attached hydrogens (tertiary/aromatic N) is 5. The normalized spacial score (nSPS) is 21.5. The van der Waals surface area contributed by atoms with Crippen LogP contribution in [0, 0.1) is 0 Å². The molecule has 138 valence electrons. The van der Waals surface area contributed by atoms with Crippen molar-refractivity contribution in [3.8, 4) is 0 Å². The summed E-state index contributed by atoms with van der Waals surface area (Å²) >= 11 is 0. The molecule has 3 N–H and O–H groups in total. The molecule has 0 aliphatic carbocycles. The number of primary amides is 1. The van der Waals surface area contributed by atoms with E-state index in [1.54, 1.807) is 4.90 Å². The van der Waals surface area contributed by atoms with E-state index in [1.165, 1.54) is 12.8 Å². The van der Waals surface area contributed by atoms with Gasteiger partial charge in [-0.1, -0.05) is 0 Å². The third-order valence-electron chi connectivity index (χ3n) is 5.12. The number of hydrogen-bond donors (Lipinski definition) is 2. The quantitative estimate of drug-likeness (QED) is 0.764. The van der Waals surface area contributed by atoms with Crippen LogP contribution in [0.25, 0.3) is 0 Å². The van der Waals surface area contributed by atoms with Crippen LogP contribution in [0.3, 0.4) is 0 Å².